The van der Waals surface area contributed by atoms with Gasteiger partial charge in [0.05, 0.1) is 6.61 Å². The van der Waals surface area contributed by atoms with Crippen molar-refractivity contribution in [1.29, 1.82) is 0 Å². The van der Waals surface area contributed by atoms with Crippen molar-refractivity contribution in [2.24, 2.45) is 0 Å². The molecule has 86 valence electrons. The first kappa shape index (κ1) is 11.1. The van der Waals surface area contributed by atoms with Crippen LogP contribution in [0.2, 0.25) is 0 Å². The molecule has 1 saturated heterocycles. The predicted octanol–water partition coefficient (Wildman–Crippen LogP) is 1.57. The molecule has 3 nitrogen and oxygen atoms in total. The van der Waals surface area contributed by atoms with Crippen molar-refractivity contribution in [3.05, 3.63) is 35.6 Å². The Kier molecular flexibility index (Phi) is 3.19. The van der Waals surface area contributed by atoms with Gasteiger partial charge in [0.2, 0.25) is 0 Å². The van der Waals surface area contributed by atoms with E-state index in [0.29, 0.717) is 13.2 Å². The molecular formula is C12H14FNO2. The number of benzene rings is 1. The summed E-state index contributed by atoms with van der Waals surface area (Å²) in [5.41, 5.74) is 0.989. The minimum Gasteiger partial charge on any atom is -0.464 e. The average Bonchev–Trinajstić information content (AvgIpc) is 2.68. The average molecular weight is 223 g/mol. The second-order valence-electron chi connectivity index (χ2n) is 4.01. The predicted molar refractivity (Wildman–Crippen MR) is 57.2 cm³/mol. The van der Waals surface area contributed by atoms with Crippen LogP contribution in [-0.4, -0.2) is 30.6 Å². The van der Waals surface area contributed by atoms with Crippen molar-refractivity contribution in [1.82, 2.24) is 4.90 Å². The summed E-state index contributed by atoms with van der Waals surface area (Å²) in [7, 11) is 1.88. The number of nitrogens with zero attached hydrogens (tertiary/aromatic N) is 1. The summed E-state index contributed by atoms with van der Waals surface area (Å²) < 4.78 is 17.6. The molecule has 0 N–H and O–H groups in total. The molecule has 0 saturated carbocycles. The van der Waals surface area contributed by atoms with E-state index in [-0.39, 0.29) is 17.8 Å². The largest absolute Gasteiger partial charge is 0.464 e. The van der Waals surface area contributed by atoms with E-state index in [1.807, 2.05) is 11.9 Å². The third-order valence-electron chi connectivity index (χ3n) is 2.78. The summed E-state index contributed by atoms with van der Waals surface area (Å²) in [6, 6.07) is 6.15. The highest BCUT2D eigenvalue weighted by Gasteiger charge is 2.29. The van der Waals surface area contributed by atoms with Gasteiger partial charge >= 0.3 is 5.97 Å². The van der Waals surface area contributed by atoms with Crippen LogP contribution in [0.15, 0.2) is 24.3 Å². The van der Waals surface area contributed by atoms with Crippen LogP contribution in [0.4, 0.5) is 4.39 Å². The molecule has 0 unspecified atom stereocenters. The van der Waals surface area contributed by atoms with Gasteiger partial charge in [-0.3, -0.25) is 9.69 Å². The molecule has 0 radical (unpaired) electrons. The van der Waals surface area contributed by atoms with Gasteiger partial charge in [-0.1, -0.05) is 12.1 Å². The Morgan fingerprint density at radius 2 is 2.12 bits per heavy atom. The minimum absolute atomic E-state index is 0.162. The normalized spacial score (nSPS) is 20.2. The fourth-order valence-electron chi connectivity index (χ4n) is 1.87. The summed E-state index contributed by atoms with van der Waals surface area (Å²) >= 11 is 0. The molecule has 0 spiro atoms. The van der Waals surface area contributed by atoms with Gasteiger partial charge in [-0.25, -0.2) is 4.39 Å². The highest BCUT2D eigenvalue weighted by atomic mass is 19.1. The van der Waals surface area contributed by atoms with Gasteiger partial charge in [-0.15, -0.1) is 0 Å². The molecule has 2 rings (SSSR count). The standard InChI is InChI=1S/C12H14FNO2/c1-14(11-6-7-16-12(11)15)8-9-2-4-10(13)5-3-9/h2-5,11H,6-8H2,1H3/t11-/m1/s1. The molecule has 1 aliphatic heterocycles. The highest BCUT2D eigenvalue weighted by Crippen LogP contribution is 2.15. The van der Waals surface area contributed by atoms with Crippen molar-refractivity contribution < 1.29 is 13.9 Å². The molecule has 0 bridgehead atoms. The molecule has 1 atom stereocenters. The number of likely N-dealkylation sites (N-methyl/N-ethyl adjacent to an activating group) is 1. The van der Waals surface area contributed by atoms with Crippen LogP contribution in [-0.2, 0) is 16.1 Å². The summed E-state index contributed by atoms with van der Waals surface area (Å²) in [5, 5.41) is 0. The van der Waals surface area contributed by atoms with Crippen molar-refractivity contribution in [2.45, 2.75) is 19.0 Å². The van der Waals surface area contributed by atoms with E-state index < -0.39 is 0 Å². The summed E-state index contributed by atoms with van der Waals surface area (Å²) in [6.07, 6.45) is 0.733. The van der Waals surface area contributed by atoms with Gasteiger partial charge in [-0.2, -0.15) is 0 Å². The lowest BCUT2D eigenvalue weighted by molar-refractivity contribution is -0.142. The highest BCUT2D eigenvalue weighted by molar-refractivity contribution is 5.77. The van der Waals surface area contributed by atoms with Gasteiger partial charge in [0.1, 0.15) is 11.9 Å². The molecule has 1 aliphatic rings. The first-order valence-corrected chi connectivity index (χ1v) is 5.28. The van der Waals surface area contributed by atoms with E-state index in [4.69, 9.17) is 4.74 Å². The van der Waals surface area contributed by atoms with Crippen LogP contribution >= 0.6 is 0 Å². The number of carbonyl (C=O) groups is 1. The van der Waals surface area contributed by atoms with Crippen LogP contribution in [0.5, 0.6) is 0 Å². The molecular weight excluding hydrogens is 209 g/mol. The third-order valence-corrected chi connectivity index (χ3v) is 2.78. The van der Waals surface area contributed by atoms with Crippen LogP contribution < -0.4 is 0 Å². The number of cyclic esters (lactones) is 1. The molecule has 0 amide bonds. The Balaban J connectivity index is 1.98. The Morgan fingerprint density at radius 1 is 1.44 bits per heavy atom. The van der Waals surface area contributed by atoms with Gasteiger partial charge in [0, 0.05) is 13.0 Å². The van der Waals surface area contributed by atoms with Gasteiger partial charge in [0.25, 0.3) is 0 Å². The van der Waals surface area contributed by atoms with Crippen LogP contribution in [0.3, 0.4) is 0 Å². The lowest BCUT2D eigenvalue weighted by atomic mass is 10.1. The summed E-state index contributed by atoms with van der Waals surface area (Å²) in [6.45, 7) is 1.12. The van der Waals surface area contributed by atoms with Gasteiger partial charge in [0.15, 0.2) is 0 Å². The van der Waals surface area contributed by atoms with Crippen molar-refractivity contribution in [3.63, 3.8) is 0 Å². The van der Waals surface area contributed by atoms with E-state index in [0.717, 1.165) is 12.0 Å². The maximum Gasteiger partial charge on any atom is 0.323 e. The molecule has 1 aromatic carbocycles. The number of hydrogen-bond acceptors (Lipinski definition) is 3. The Morgan fingerprint density at radius 3 is 2.69 bits per heavy atom. The molecule has 16 heavy (non-hydrogen) atoms. The fraction of sp³-hybridized carbons (Fsp3) is 0.417. The first-order chi connectivity index (χ1) is 7.66. The zero-order chi connectivity index (χ0) is 11.5. The SMILES string of the molecule is CN(Cc1ccc(F)cc1)[C@@H]1CCOC1=O. The Hall–Kier alpha value is -1.42. The molecule has 1 fully saturated rings. The molecule has 0 aromatic heterocycles. The molecule has 1 heterocycles. The summed E-state index contributed by atoms with van der Waals surface area (Å²) in [5.74, 6) is -0.406. The Labute approximate surface area is 93.8 Å². The first-order valence-electron chi connectivity index (χ1n) is 5.28. The number of carbonyl (C=O) groups excluding carboxylic acids is 1. The number of esters is 1. The number of hydrogen-bond donors (Lipinski definition) is 0. The van der Waals surface area contributed by atoms with Gasteiger partial charge < -0.3 is 4.74 Å². The van der Waals surface area contributed by atoms with E-state index in [1.54, 1.807) is 12.1 Å². The van der Waals surface area contributed by atoms with Crippen molar-refractivity contribution in [2.75, 3.05) is 13.7 Å². The fourth-order valence-corrected chi connectivity index (χ4v) is 1.87. The third kappa shape index (κ3) is 2.39. The number of halogens is 1. The molecule has 1 aromatic rings. The zero-order valence-corrected chi connectivity index (χ0v) is 9.15. The maximum absolute atomic E-state index is 12.7. The van der Waals surface area contributed by atoms with Gasteiger partial charge in [-0.05, 0) is 24.7 Å². The topological polar surface area (TPSA) is 29.5 Å². The van der Waals surface area contributed by atoms with E-state index in [1.165, 1.54) is 12.1 Å². The van der Waals surface area contributed by atoms with E-state index in [2.05, 4.69) is 0 Å². The monoisotopic (exact) mass is 223 g/mol. The Bertz CT molecular complexity index is 377. The van der Waals surface area contributed by atoms with Crippen LogP contribution in [0, 0.1) is 5.82 Å². The van der Waals surface area contributed by atoms with Crippen molar-refractivity contribution >= 4 is 5.97 Å². The molecule has 4 heteroatoms. The number of ether oxygens (including phenoxy) is 1. The number of rotatable bonds is 3. The van der Waals surface area contributed by atoms with Crippen LogP contribution in [0.25, 0.3) is 0 Å². The smallest absolute Gasteiger partial charge is 0.323 e. The second kappa shape index (κ2) is 4.61. The van der Waals surface area contributed by atoms with E-state index in [9.17, 15) is 9.18 Å². The van der Waals surface area contributed by atoms with Crippen LogP contribution in [0.1, 0.15) is 12.0 Å². The van der Waals surface area contributed by atoms with Crippen molar-refractivity contribution in [3.8, 4) is 0 Å². The maximum atomic E-state index is 12.7. The van der Waals surface area contributed by atoms with E-state index >= 15 is 0 Å². The quantitative estimate of drug-likeness (QED) is 0.728. The lowest BCUT2D eigenvalue weighted by Gasteiger charge is -2.20. The zero-order valence-electron chi connectivity index (χ0n) is 9.15. The summed E-state index contributed by atoms with van der Waals surface area (Å²) in [4.78, 5) is 13.3. The molecule has 0 aliphatic carbocycles. The minimum atomic E-state index is -0.244. The second-order valence-corrected chi connectivity index (χ2v) is 4.01. The lowest BCUT2D eigenvalue weighted by Crippen LogP contribution is -2.34.